The van der Waals surface area contributed by atoms with Crippen molar-refractivity contribution >= 4 is 40.5 Å². The Balaban J connectivity index is 1.59. The van der Waals surface area contributed by atoms with Gasteiger partial charge >= 0.3 is 0 Å². The lowest BCUT2D eigenvalue weighted by molar-refractivity contribution is 0.124. The lowest BCUT2D eigenvalue weighted by atomic mass is 10.2. The predicted molar refractivity (Wildman–Crippen MR) is 105 cm³/mol. The summed E-state index contributed by atoms with van der Waals surface area (Å²) < 4.78 is 5.61. The van der Waals surface area contributed by atoms with Crippen molar-refractivity contribution in [2.24, 2.45) is 0 Å². The van der Waals surface area contributed by atoms with E-state index in [4.69, 9.17) is 39.5 Å². The number of hydrogen-bond donors (Lipinski definition) is 0. The third kappa shape index (κ3) is 6.61. The number of halogens is 3. The minimum absolute atomic E-state index is 0.627. The van der Waals surface area contributed by atoms with Crippen LogP contribution in [-0.2, 0) is 4.74 Å². The number of anilines is 1. The normalized spacial score (nSPS) is 15.9. The Morgan fingerprint density at radius 1 is 0.917 bits per heavy atom. The minimum Gasteiger partial charge on any atom is -0.381 e. The summed E-state index contributed by atoms with van der Waals surface area (Å²) in [5, 5.41) is 1.29. The zero-order valence-corrected chi connectivity index (χ0v) is 16.4. The number of unbranched alkanes of at least 4 members (excludes halogenated alkanes) is 2. The van der Waals surface area contributed by atoms with Gasteiger partial charge in [0.2, 0.25) is 0 Å². The fourth-order valence-corrected chi connectivity index (χ4v) is 3.49. The Morgan fingerprint density at radius 3 is 2.33 bits per heavy atom. The highest BCUT2D eigenvalue weighted by molar-refractivity contribution is 6.43. The highest BCUT2D eigenvalue weighted by Gasteiger charge is 2.19. The van der Waals surface area contributed by atoms with Gasteiger partial charge in [-0.05, 0) is 44.4 Å². The number of benzene rings is 1. The zero-order chi connectivity index (χ0) is 17.2. The second-order valence-corrected chi connectivity index (χ2v) is 7.28. The van der Waals surface area contributed by atoms with Crippen LogP contribution in [0, 0.1) is 0 Å². The van der Waals surface area contributed by atoms with Crippen LogP contribution in [0.5, 0.6) is 0 Å². The number of rotatable bonds is 10. The van der Waals surface area contributed by atoms with E-state index in [0.717, 1.165) is 76.8 Å². The number of piperazine rings is 1. The molecule has 0 amide bonds. The fourth-order valence-electron chi connectivity index (χ4n) is 2.89. The maximum absolute atomic E-state index is 6.32. The summed E-state index contributed by atoms with van der Waals surface area (Å²) in [4.78, 5) is 4.84. The lowest BCUT2D eigenvalue weighted by Gasteiger charge is -2.36. The van der Waals surface area contributed by atoms with Crippen LogP contribution in [0.25, 0.3) is 0 Å². The zero-order valence-electron chi connectivity index (χ0n) is 14.2. The molecule has 1 aromatic rings. The van der Waals surface area contributed by atoms with Gasteiger partial charge in [-0.1, -0.05) is 29.3 Å². The first-order valence-electron chi connectivity index (χ1n) is 8.77. The molecule has 1 fully saturated rings. The molecule has 0 atom stereocenters. The predicted octanol–water partition coefficient (Wildman–Crippen LogP) is 4.93. The molecule has 0 bridgehead atoms. The van der Waals surface area contributed by atoms with Gasteiger partial charge in [-0.25, -0.2) is 0 Å². The van der Waals surface area contributed by atoms with Gasteiger partial charge in [0, 0.05) is 45.3 Å². The molecular weight excluding hydrogens is 367 g/mol. The van der Waals surface area contributed by atoms with Crippen molar-refractivity contribution in [3.63, 3.8) is 0 Å². The SMILES string of the molecule is ClCCCCOCCCCN1CCN(c2cccc(Cl)c2Cl)CC1. The van der Waals surface area contributed by atoms with Crippen molar-refractivity contribution in [2.75, 3.05) is 56.7 Å². The maximum atomic E-state index is 6.32. The molecule has 0 saturated carbocycles. The molecule has 1 aliphatic heterocycles. The monoisotopic (exact) mass is 392 g/mol. The van der Waals surface area contributed by atoms with Gasteiger partial charge in [-0.2, -0.15) is 0 Å². The van der Waals surface area contributed by atoms with Gasteiger partial charge < -0.3 is 9.64 Å². The second kappa shape index (κ2) is 11.4. The van der Waals surface area contributed by atoms with Crippen LogP contribution >= 0.6 is 34.8 Å². The van der Waals surface area contributed by atoms with Gasteiger partial charge in [0.15, 0.2) is 0 Å². The molecule has 136 valence electrons. The Bertz CT molecular complexity index is 479. The van der Waals surface area contributed by atoms with Crippen LogP contribution in [0.15, 0.2) is 18.2 Å². The first-order chi connectivity index (χ1) is 11.7. The Labute approximate surface area is 160 Å². The lowest BCUT2D eigenvalue weighted by Crippen LogP contribution is -2.46. The van der Waals surface area contributed by atoms with E-state index in [2.05, 4.69) is 9.80 Å². The standard InChI is InChI=1S/C18H27Cl3N2O/c19-8-1-3-14-24-15-4-2-9-22-10-12-23(13-11-22)17-7-5-6-16(20)18(17)21/h5-7H,1-4,8-15H2. The molecule has 6 heteroatoms. The van der Waals surface area contributed by atoms with E-state index in [1.807, 2.05) is 18.2 Å². The van der Waals surface area contributed by atoms with Gasteiger partial charge in [-0.15, -0.1) is 11.6 Å². The average Bonchev–Trinajstić information content (AvgIpc) is 2.60. The molecule has 0 spiro atoms. The third-order valence-electron chi connectivity index (χ3n) is 4.33. The van der Waals surface area contributed by atoms with E-state index < -0.39 is 0 Å². The van der Waals surface area contributed by atoms with Crippen LogP contribution in [0.1, 0.15) is 25.7 Å². The first kappa shape index (κ1) is 20.1. The minimum atomic E-state index is 0.627. The second-order valence-electron chi connectivity index (χ2n) is 6.12. The third-order valence-corrected chi connectivity index (χ3v) is 5.41. The topological polar surface area (TPSA) is 15.7 Å². The largest absolute Gasteiger partial charge is 0.381 e. The van der Waals surface area contributed by atoms with E-state index >= 15 is 0 Å². The van der Waals surface area contributed by atoms with E-state index in [0.29, 0.717) is 10.0 Å². The Kier molecular flexibility index (Phi) is 9.59. The van der Waals surface area contributed by atoms with Crippen LogP contribution in [-0.4, -0.2) is 56.7 Å². The summed E-state index contributed by atoms with van der Waals surface area (Å²) in [5.74, 6) is 0.732. The fraction of sp³-hybridized carbons (Fsp3) is 0.667. The molecule has 2 rings (SSSR count). The van der Waals surface area contributed by atoms with E-state index in [9.17, 15) is 0 Å². The molecule has 3 nitrogen and oxygen atoms in total. The molecule has 1 saturated heterocycles. The number of ether oxygens (including phenoxy) is 1. The summed E-state index contributed by atoms with van der Waals surface area (Å²) in [7, 11) is 0. The average molecular weight is 394 g/mol. The van der Waals surface area contributed by atoms with Crippen LogP contribution in [0.2, 0.25) is 10.0 Å². The number of alkyl halides is 1. The molecule has 0 N–H and O–H groups in total. The van der Waals surface area contributed by atoms with Crippen molar-refractivity contribution < 1.29 is 4.74 Å². The molecule has 0 unspecified atom stereocenters. The van der Waals surface area contributed by atoms with Crippen molar-refractivity contribution in [1.82, 2.24) is 4.90 Å². The van der Waals surface area contributed by atoms with Crippen molar-refractivity contribution in [2.45, 2.75) is 25.7 Å². The Hall–Kier alpha value is -0.190. The van der Waals surface area contributed by atoms with Gasteiger partial charge in [0.05, 0.1) is 15.7 Å². The van der Waals surface area contributed by atoms with Crippen LogP contribution in [0.4, 0.5) is 5.69 Å². The Morgan fingerprint density at radius 2 is 1.62 bits per heavy atom. The van der Waals surface area contributed by atoms with Gasteiger partial charge in [0.25, 0.3) is 0 Å². The highest BCUT2D eigenvalue weighted by Crippen LogP contribution is 2.32. The highest BCUT2D eigenvalue weighted by atomic mass is 35.5. The van der Waals surface area contributed by atoms with E-state index in [-0.39, 0.29) is 0 Å². The summed E-state index contributed by atoms with van der Waals surface area (Å²) in [6.45, 7) is 6.97. The molecule has 1 heterocycles. The van der Waals surface area contributed by atoms with Gasteiger partial charge in [-0.3, -0.25) is 4.90 Å². The molecule has 1 aliphatic rings. The molecule has 0 aromatic heterocycles. The molecule has 0 aliphatic carbocycles. The maximum Gasteiger partial charge on any atom is 0.0825 e. The van der Waals surface area contributed by atoms with Crippen molar-refractivity contribution in [3.05, 3.63) is 28.2 Å². The first-order valence-corrected chi connectivity index (χ1v) is 10.1. The summed E-state index contributed by atoms with van der Waals surface area (Å²) >= 11 is 18.1. The molecular formula is C18H27Cl3N2O. The summed E-state index contributed by atoms with van der Waals surface area (Å²) in [6.07, 6.45) is 4.43. The van der Waals surface area contributed by atoms with Crippen LogP contribution < -0.4 is 4.90 Å². The van der Waals surface area contributed by atoms with Crippen molar-refractivity contribution in [1.29, 1.82) is 0 Å². The summed E-state index contributed by atoms with van der Waals surface area (Å²) in [6, 6.07) is 5.84. The molecule has 24 heavy (non-hydrogen) atoms. The van der Waals surface area contributed by atoms with Crippen molar-refractivity contribution in [3.8, 4) is 0 Å². The number of nitrogens with zero attached hydrogens (tertiary/aromatic N) is 2. The summed E-state index contributed by atoms with van der Waals surface area (Å²) in [5.41, 5.74) is 1.05. The number of hydrogen-bond acceptors (Lipinski definition) is 3. The quantitative estimate of drug-likeness (QED) is 0.414. The van der Waals surface area contributed by atoms with E-state index in [1.54, 1.807) is 0 Å². The van der Waals surface area contributed by atoms with Crippen LogP contribution in [0.3, 0.4) is 0 Å². The molecule has 0 radical (unpaired) electrons. The smallest absolute Gasteiger partial charge is 0.0825 e. The van der Waals surface area contributed by atoms with E-state index in [1.165, 1.54) is 6.42 Å². The molecule has 1 aromatic carbocycles. The van der Waals surface area contributed by atoms with Gasteiger partial charge in [0.1, 0.15) is 0 Å².